The maximum absolute atomic E-state index is 6.79. The van der Waals surface area contributed by atoms with Crippen LogP contribution in [0.15, 0.2) is 23.7 Å². The van der Waals surface area contributed by atoms with Crippen LogP contribution in [0, 0.1) is 5.53 Å². The summed E-state index contributed by atoms with van der Waals surface area (Å²) in [7, 11) is 0. The van der Waals surface area contributed by atoms with E-state index in [1.807, 2.05) is 0 Å². The van der Waals surface area contributed by atoms with Crippen molar-refractivity contribution in [3.8, 4) is 0 Å². The number of aromatic amines is 1. The molecule has 0 aliphatic carbocycles. The average molecular weight is 147 g/mol. The van der Waals surface area contributed by atoms with Crippen molar-refractivity contribution in [2.24, 2.45) is 5.11 Å². The van der Waals surface area contributed by atoms with Gasteiger partial charge in [0.1, 0.15) is 12.0 Å². The number of fused-ring (bicyclic) bond motifs is 1. The minimum atomic E-state index is 0.399. The van der Waals surface area contributed by atoms with E-state index >= 15 is 0 Å². The molecule has 2 heterocycles. The monoisotopic (exact) mass is 147 g/mol. The highest BCUT2D eigenvalue weighted by Gasteiger charge is 2.00. The molecule has 0 aromatic carbocycles. The van der Waals surface area contributed by atoms with Gasteiger partial charge in [0, 0.05) is 6.20 Å². The van der Waals surface area contributed by atoms with E-state index in [2.05, 4.69) is 20.1 Å². The van der Waals surface area contributed by atoms with Gasteiger partial charge in [0.2, 0.25) is 0 Å². The third-order valence-electron chi connectivity index (χ3n) is 1.44. The van der Waals surface area contributed by atoms with Crippen molar-refractivity contribution in [2.75, 3.05) is 0 Å². The molecule has 54 valence electrons. The number of H-pyrrole nitrogens is 1. The van der Waals surface area contributed by atoms with Gasteiger partial charge in [-0.2, -0.15) is 0 Å². The fraction of sp³-hybridized carbons (Fsp3) is 0. The Kier molecular flexibility index (Phi) is 1.15. The van der Waals surface area contributed by atoms with Crippen LogP contribution in [-0.4, -0.2) is 15.0 Å². The Morgan fingerprint density at radius 1 is 1.45 bits per heavy atom. The van der Waals surface area contributed by atoms with Gasteiger partial charge in [0.05, 0.1) is 5.39 Å². The zero-order chi connectivity index (χ0) is 7.68. The number of aromatic nitrogens is 3. The van der Waals surface area contributed by atoms with Crippen LogP contribution in [0.2, 0.25) is 0 Å². The molecule has 2 aromatic heterocycles. The lowest BCUT2D eigenvalue weighted by molar-refractivity contribution is 1.08. The second-order valence-electron chi connectivity index (χ2n) is 2.05. The zero-order valence-electron chi connectivity index (χ0n) is 5.57. The molecule has 5 nitrogen and oxygen atoms in total. The third kappa shape index (κ3) is 0.778. The van der Waals surface area contributed by atoms with Gasteiger partial charge in [-0.05, 0) is 6.07 Å². The third-order valence-corrected chi connectivity index (χ3v) is 1.44. The van der Waals surface area contributed by atoms with E-state index in [0.717, 1.165) is 5.39 Å². The largest absolute Gasteiger partial charge is 0.346 e. The average Bonchev–Trinajstić information content (AvgIpc) is 2.50. The first-order valence-corrected chi connectivity index (χ1v) is 3.07. The van der Waals surface area contributed by atoms with Crippen LogP contribution in [0.5, 0.6) is 0 Å². The lowest BCUT2D eigenvalue weighted by atomic mass is 10.4. The van der Waals surface area contributed by atoms with Gasteiger partial charge < -0.3 is 4.98 Å². The van der Waals surface area contributed by atoms with Gasteiger partial charge in [-0.3, -0.25) is 0 Å². The van der Waals surface area contributed by atoms with Gasteiger partial charge in [-0.15, -0.1) is 5.11 Å². The Bertz CT molecular complexity index is 391. The Balaban J connectivity index is 2.88. The summed E-state index contributed by atoms with van der Waals surface area (Å²) in [5.41, 5.74) is 7.50. The maximum atomic E-state index is 6.79. The predicted octanol–water partition coefficient (Wildman–Crippen LogP) is 1.62. The van der Waals surface area contributed by atoms with E-state index in [1.165, 1.54) is 6.33 Å². The number of nitrogens with zero attached hydrogens (tertiary/aromatic N) is 3. The van der Waals surface area contributed by atoms with Crippen molar-refractivity contribution in [3.63, 3.8) is 0 Å². The van der Waals surface area contributed by atoms with E-state index in [9.17, 15) is 0 Å². The van der Waals surface area contributed by atoms with E-state index in [0.29, 0.717) is 11.5 Å². The zero-order valence-corrected chi connectivity index (χ0v) is 5.57. The fourth-order valence-corrected chi connectivity index (χ4v) is 0.948. The van der Waals surface area contributed by atoms with Gasteiger partial charge >= 0.3 is 0 Å². The fourth-order valence-electron chi connectivity index (χ4n) is 0.948. The Hall–Kier alpha value is -1.78. The van der Waals surface area contributed by atoms with Gasteiger partial charge in [-0.1, -0.05) is 0 Å². The minimum absolute atomic E-state index is 0.399. The molecule has 0 amide bonds. The van der Waals surface area contributed by atoms with Crippen molar-refractivity contribution in [2.45, 2.75) is 0 Å². The summed E-state index contributed by atoms with van der Waals surface area (Å²) in [6.07, 6.45) is 3.13. The smallest absolute Gasteiger partial charge is 0.186 e. The van der Waals surface area contributed by atoms with Gasteiger partial charge in [-0.25, -0.2) is 15.5 Å². The topological polar surface area (TPSA) is 77.8 Å². The summed E-state index contributed by atoms with van der Waals surface area (Å²) in [6, 6.07) is 1.79. The summed E-state index contributed by atoms with van der Waals surface area (Å²) < 4.78 is 0. The van der Waals surface area contributed by atoms with Crippen molar-refractivity contribution in [1.82, 2.24) is 15.0 Å². The molecule has 2 aromatic rings. The molecule has 5 heteroatoms. The minimum Gasteiger partial charge on any atom is -0.346 e. The first kappa shape index (κ1) is 5.96. The van der Waals surface area contributed by atoms with E-state index in [1.54, 1.807) is 12.3 Å². The van der Waals surface area contributed by atoms with Crippen LogP contribution < -0.4 is 0 Å². The summed E-state index contributed by atoms with van der Waals surface area (Å²) in [4.78, 5) is 10.7. The normalized spacial score (nSPS) is 10.2. The molecule has 2 rings (SSSR count). The molecule has 0 aliphatic rings. The van der Waals surface area contributed by atoms with Crippen LogP contribution in [0.4, 0.5) is 5.82 Å². The first-order valence-electron chi connectivity index (χ1n) is 3.07. The van der Waals surface area contributed by atoms with Crippen molar-refractivity contribution in [1.29, 1.82) is 5.53 Å². The SMILES string of the molecule is N=Nc1ncnc2[nH]ccc12. The lowest BCUT2D eigenvalue weighted by Crippen LogP contribution is -1.78. The lowest BCUT2D eigenvalue weighted by Gasteiger charge is -1.89. The number of rotatable bonds is 1. The predicted molar refractivity (Wildman–Crippen MR) is 38.7 cm³/mol. The second-order valence-corrected chi connectivity index (χ2v) is 2.05. The van der Waals surface area contributed by atoms with Crippen molar-refractivity contribution < 1.29 is 0 Å². The number of hydrogen-bond acceptors (Lipinski definition) is 4. The molecule has 0 aliphatic heterocycles. The van der Waals surface area contributed by atoms with Crippen LogP contribution in [0.3, 0.4) is 0 Å². The van der Waals surface area contributed by atoms with Gasteiger partial charge in [0.25, 0.3) is 0 Å². The molecule has 0 bridgehead atoms. The highest BCUT2D eigenvalue weighted by atomic mass is 15.1. The molecule has 2 N–H and O–H groups in total. The Morgan fingerprint density at radius 3 is 3.18 bits per heavy atom. The first-order chi connectivity index (χ1) is 5.42. The van der Waals surface area contributed by atoms with E-state index in [4.69, 9.17) is 5.53 Å². The van der Waals surface area contributed by atoms with Crippen LogP contribution >= 0.6 is 0 Å². The van der Waals surface area contributed by atoms with Crippen LogP contribution in [0.25, 0.3) is 11.0 Å². The highest BCUT2D eigenvalue weighted by Crippen LogP contribution is 2.19. The summed E-state index contributed by atoms with van der Waals surface area (Å²) in [5.74, 6) is 0.399. The summed E-state index contributed by atoms with van der Waals surface area (Å²) >= 11 is 0. The van der Waals surface area contributed by atoms with Crippen LogP contribution in [-0.2, 0) is 0 Å². The highest BCUT2D eigenvalue weighted by molar-refractivity contribution is 5.84. The Morgan fingerprint density at radius 2 is 2.36 bits per heavy atom. The summed E-state index contributed by atoms with van der Waals surface area (Å²) in [6.45, 7) is 0. The van der Waals surface area contributed by atoms with E-state index < -0.39 is 0 Å². The molecule has 0 spiro atoms. The summed E-state index contributed by atoms with van der Waals surface area (Å²) in [5, 5.41) is 4.03. The number of nitrogens with one attached hydrogen (secondary N) is 2. The van der Waals surface area contributed by atoms with Crippen molar-refractivity contribution >= 4 is 16.9 Å². The number of hydrogen-bond donors (Lipinski definition) is 2. The van der Waals surface area contributed by atoms with Gasteiger partial charge in [0.15, 0.2) is 5.82 Å². The van der Waals surface area contributed by atoms with Crippen molar-refractivity contribution in [3.05, 3.63) is 18.6 Å². The molecule has 0 unspecified atom stereocenters. The molecule has 0 fully saturated rings. The molecular formula is C6H5N5. The maximum Gasteiger partial charge on any atom is 0.186 e. The molecule has 11 heavy (non-hydrogen) atoms. The molecule has 0 saturated heterocycles. The Labute approximate surface area is 62.0 Å². The quantitative estimate of drug-likeness (QED) is 0.601. The van der Waals surface area contributed by atoms with Crippen LogP contribution in [0.1, 0.15) is 0 Å². The molecule has 0 atom stereocenters. The standard InChI is InChI=1S/C6H5N5/c7-11-6-4-1-2-8-5(4)9-3-10-6/h1-3,7H,(H,8,9,10). The van der Waals surface area contributed by atoms with E-state index in [-0.39, 0.29) is 0 Å². The molecule has 0 radical (unpaired) electrons. The molecular weight excluding hydrogens is 142 g/mol. The second kappa shape index (κ2) is 2.12. The molecule has 0 saturated carbocycles.